The van der Waals surface area contributed by atoms with Gasteiger partial charge in [0.25, 0.3) is 0 Å². The Kier molecular flexibility index (Phi) is 6.47. The molecule has 0 atom stereocenters. The van der Waals surface area contributed by atoms with E-state index < -0.39 is 0 Å². The first-order chi connectivity index (χ1) is 13.0. The molecule has 0 unspecified atom stereocenters. The van der Waals surface area contributed by atoms with Crippen LogP contribution in [0.3, 0.4) is 0 Å². The van der Waals surface area contributed by atoms with Crippen LogP contribution in [-0.4, -0.2) is 28.9 Å². The molecular weight excluding hydrogens is 399 g/mol. The van der Waals surface area contributed by atoms with E-state index in [2.05, 4.69) is 38.4 Å². The predicted octanol–water partition coefficient (Wildman–Crippen LogP) is 5.80. The lowest BCUT2D eigenvalue weighted by molar-refractivity contribution is 0.731. The number of allylic oxidation sites excluding steroid dienone is 1. The fourth-order valence-electron chi connectivity index (χ4n) is 2.63. The molecule has 4 nitrogen and oxygen atoms in total. The lowest BCUT2D eigenvalue weighted by Gasteiger charge is -2.14. The second-order valence-corrected chi connectivity index (χ2v) is 7.90. The molecule has 3 rings (SSSR count). The molecule has 0 saturated carbocycles. The first-order valence-electron chi connectivity index (χ1n) is 8.38. The van der Waals surface area contributed by atoms with Crippen molar-refractivity contribution in [3.63, 3.8) is 0 Å². The summed E-state index contributed by atoms with van der Waals surface area (Å²) in [4.78, 5) is 2.06. The molecule has 1 heterocycles. The summed E-state index contributed by atoms with van der Waals surface area (Å²) in [5, 5.41) is 10.9. The van der Waals surface area contributed by atoms with E-state index in [9.17, 15) is 0 Å². The van der Waals surface area contributed by atoms with Crippen molar-refractivity contribution < 1.29 is 0 Å². The van der Waals surface area contributed by atoms with Gasteiger partial charge in [0.1, 0.15) is 0 Å². The van der Waals surface area contributed by atoms with Crippen LogP contribution < -0.4 is 4.90 Å². The van der Waals surface area contributed by atoms with Crippen LogP contribution in [0.1, 0.15) is 5.56 Å². The molecule has 0 aliphatic heterocycles. The monoisotopic (exact) mass is 418 g/mol. The molecule has 7 heteroatoms. The van der Waals surface area contributed by atoms with Crippen LogP contribution in [0.15, 0.2) is 60.3 Å². The Morgan fingerprint density at radius 1 is 1.11 bits per heavy atom. The summed E-state index contributed by atoms with van der Waals surface area (Å²) in [7, 11) is 4.03. The van der Waals surface area contributed by atoms with E-state index in [-0.39, 0.29) is 0 Å². The highest BCUT2D eigenvalue weighted by atomic mass is 35.5. The average Bonchev–Trinajstić information content (AvgIpc) is 3.04. The number of rotatable bonds is 7. The summed E-state index contributed by atoms with van der Waals surface area (Å²) in [6.07, 6.45) is 1.84. The molecule has 0 aliphatic carbocycles. The van der Waals surface area contributed by atoms with Gasteiger partial charge in [0.15, 0.2) is 11.0 Å². The van der Waals surface area contributed by atoms with Crippen molar-refractivity contribution in [2.75, 3.05) is 19.0 Å². The standard InChI is InChI=1S/C20H20Cl2N4S/c1-4-11-26-19(14-7-5-8-15(12-14)25(2)3)23-24-20(26)27-13-16-17(21)9-6-10-18(16)22/h4-10,12H,1,11,13H2,2-3H3. The fourth-order valence-corrected chi connectivity index (χ4v) is 4.32. The Balaban J connectivity index is 1.92. The molecule has 27 heavy (non-hydrogen) atoms. The van der Waals surface area contributed by atoms with Gasteiger partial charge in [0.05, 0.1) is 0 Å². The molecule has 140 valence electrons. The average molecular weight is 419 g/mol. The number of hydrogen-bond donors (Lipinski definition) is 0. The Morgan fingerprint density at radius 2 is 1.81 bits per heavy atom. The minimum absolute atomic E-state index is 0.617. The zero-order valence-electron chi connectivity index (χ0n) is 15.2. The van der Waals surface area contributed by atoms with Crippen LogP contribution in [0.5, 0.6) is 0 Å². The molecule has 0 fully saturated rings. The third-order valence-corrected chi connectivity index (χ3v) is 5.76. The quantitative estimate of drug-likeness (QED) is 0.358. The van der Waals surface area contributed by atoms with E-state index in [0.717, 1.165) is 27.8 Å². The highest BCUT2D eigenvalue weighted by Gasteiger charge is 2.15. The number of thioether (sulfide) groups is 1. The number of halogens is 2. The normalized spacial score (nSPS) is 10.8. The Hall–Kier alpha value is -1.95. The largest absolute Gasteiger partial charge is 0.378 e. The first kappa shape index (κ1) is 19.8. The third kappa shape index (κ3) is 4.49. The second-order valence-electron chi connectivity index (χ2n) is 6.14. The van der Waals surface area contributed by atoms with Gasteiger partial charge in [-0.05, 0) is 29.8 Å². The molecule has 0 saturated heterocycles. The second kappa shape index (κ2) is 8.83. The zero-order valence-corrected chi connectivity index (χ0v) is 17.5. The van der Waals surface area contributed by atoms with Gasteiger partial charge in [0.2, 0.25) is 0 Å². The minimum atomic E-state index is 0.617. The number of hydrogen-bond acceptors (Lipinski definition) is 4. The van der Waals surface area contributed by atoms with E-state index in [4.69, 9.17) is 23.2 Å². The summed E-state index contributed by atoms with van der Waals surface area (Å²) in [5.41, 5.74) is 3.02. The molecule has 2 aromatic carbocycles. The lowest BCUT2D eigenvalue weighted by Crippen LogP contribution is -2.08. The molecular formula is C20H20Cl2N4S. The maximum absolute atomic E-state index is 6.28. The number of benzene rings is 2. The van der Waals surface area contributed by atoms with E-state index in [1.165, 1.54) is 0 Å². The maximum atomic E-state index is 6.28. The van der Waals surface area contributed by atoms with Crippen molar-refractivity contribution in [2.45, 2.75) is 17.5 Å². The maximum Gasteiger partial charge on any atom is 0.192 e. The van der Waals surface area contributed by atoms with Gasteiger partial charge in [-0.25, -0.2) is 0 Å². The van der Waals surface area contributed by atoms with Gasteiger partial charge in [-0.1, -0.05) is 59.2 Å². The van der Waals surface area contributed by atoms with Crippen molar-refractivity contribution in [3.8, 4) is 11.4 Å². The summed E-state index contributed by atoms with van der Waals surface area (Å²) < 4.78 is 2.05. The SMILES string of the molecule is C=CCn1c(SCc2c(Cl)cccc2Cl)nnc1-c1cccc(N(C)C)c1. The molecule has 0 N–H and O–H groups in total. The number of aromatic nitrogens is 3. The van der Waals surface area contributed by atoms with E-state index >= 15 is 0 Å². The molecule has 1 aromatic heterocycles. The molecule has 0 bridgehead atoms. The smallest absolute Gasteiger partial charge is 0.192 e. The highest BCUT2D eigenvalue weighted by Crippen LogP contribution is 2.32. The molecule has 0 amide bonds. The van der Waals surface area contributed by atoms with Gasteiger partial charge in [-0.3, -0.25) is 4.57 Å². The van der Waals surface area contributed by atoms with Gasteiger partial charge in [0, 0.05) is 47.7 Å². The summed E-state index contributed by atoms with van der Waals surface area (Å²) in [6.45, 7) is 4.49. The van der Waals surface area contributed by atoms with Crippen LogP contribution in [-0.2, 0) is 12.3 Å². The third-order valence-electron chi connectivity index (χ3n) is 4.06. The number of nitrogens with zero attached hydrogens (tertiary/aromatic N) is 4. The molecule has 0 aliphatic rings. The van der Waals surface area contributed by atoms with Gasteiger partial charge in [-0.15, -0.1) is 16.8 Å². The Bertz CT molecular complexity index is 933. The van der Waals surface area contributed by atoms with E-state index in [1.54, 1.807) is 11.8 Å². The van der Waals surface area contributed by atoms with Crippen LogP contribution in [0.4, 0.5) is 5.69 Å². The fraction of sp³-hybridized carbons (Fsp3) is 0.200. The van der Waals surface area contributed by atoms with Gasteiger partial charge in [-0.2, -0.15) is 0 Å². The van der Waals surface area contributed by atoms with E-state index in [0.29, 0.717) is 22.3 Å². The van der Waals surface area contributed by atoms with Crippen LogP contribution in [0.25, 0.3) is 11.4 Å². The van der Waals surface area contributed by atoms with Crippen molar-refractivity contribution in [2.24, 2.45) is 0 Å². The highest BCUT2D eigenvalue weighted by molar-refractivity contribution is 7.98. The zero-order chi connectivity index (χ0) is 19.4. The van der Waals surface area contributed by atoms with E-state index in [1.807, 2.05) is 50.5 Å². The van der Waals surface area contributed by atoms with Crippen molar-refractivity contribution in [1.82, 2.24) is 14.8 Å². The molecule has 0 spiro atoms. The summed E-state index contributed by atoms with van der Waals surface area (Å²) in [5.74, 6) is 1.43. The Morgan fingerprint density at radius 3 is 2.48 bits per heavy atom. The summed E-state index contributed by atoms with van der Waals surface area (Å²) >= 11 is 14.1. The van der Waals surface area contributed by atoms with Crippen LogP contribution in [0, 0.1) is 0 Å². The van der Waals surface area contributed by atoms with Gasteiger partial charge >= 0.3 is 0 Å². The van der Waals surface area contributed by atoms with Crippen LogP contribution in [0.2, 0.25) is 10.0 Å². The van der Waals surface area contributed by atoms with Crippen molar-refractivity contribution in [3.05, 3.63) is 70.7 Å². The van der Waals surface area contributed by atoms with Crippen LogP contribution >= 0.6 is 35.0 Å². The first-order valence-corrected chi connectivity index (χ1v) is 10.1. The predicted molar refractivity (Wildman–Crippen MR) is 116 cm³/mol. The number of anilines is 1. The van der Waals surface area contributed by atoms with Gasteiger partial charge < -0.3 is 4.90 Å². The van der Waals surface area contributed by atoms with Crippen molar-refractivity contribution in [1.29, 1.82) is 0 Å². The van der Waals surface area contributed by atoms with Crippen molar-refractivity contribution >= 4 is 40.7 Å². The Labute approximate surface area is 173 Å². The minimum Gasteiger partial charge on any atom is -0.378 e. The molecule has 0 radical (unpaired) electrons. The molecule has 3 aromatic rings. The topological polar surface area (TPSA) is 34.0 Å². The lowest BCUT2D eigenvalue weighted by atomic mass is 10.2. The summed E-state index contributed by atoms with van der Waals surface area (Å²) in [6, 6.07) is 13.8.